The van der Waals surface area contributed by atoms with Gasteiger partial charge in [0.05, 0.1) is 7.11 Å². The highest BCUT2D eigenvalue weighted by Gasteiger charge is 1.86. The van der Waals surface area contributed by atoms with Crippen LogP contribution in [0.1, 0.15) is 0 Å². The number of ether oxygens (including phenoxy) is 1. The summed E-state index contributed by atoms with van der Waals surface area (Å²) in [6.07, 6.45) is 1.65. The predicted octanol–water partition coefficient (Wildman–Crippen LogP) is 1.44. The van der Waals surface area contributed by atoms with Crippen molar-refractivity contribution in [2.24, 2.45) is 0 Å². The van der Waals surface area contributed by atoms with Crippen LogP contribution in [0.3, 0.4) is 0 Å². The first kappa shape index (κ1) is 7.51. The highest BCUT2D eigenvalue weighted by molar-refractivity contribution is 9.09. The van der Waals surface area contributed by atoms with Crippen LogP contribution in [-0.2, 0) is 4.74 Å². The molecule has 0 bridgehead atoms. The molecule has 0 amide bonds. The van der Waals surface area contributed by atoms with Crippen molar-refractivity contribution in [3.05, 3.63) is 11.8 Å². The lowest BCUT2D eigenvalue weighted by Crippen LogP contribution is -1.80. The largest absolute Gasteiger partial charge is 0.487 e. The van der Waals surface area contributed by atoms with Crippen molar-refractivity contribution >= 4 is 15.9 Å². The minimum atomic E-state index is 0.349. The Morgan fingerprint density at radius 2 is 2.62 bits per heavy atom. The fourth-order valence-electron chi connectivity index (χ4n) is 0.245. The first-order valence-electron chi connectivity index (χ1n) is 2.05. The normalized spacial score (nSPS) is 10.4. The Morgan fingerprint density at radius 1 is 2.00 bits per heavy atom. The molecule has 0 spiro atoms. The van der Waals surface area contributed by atoms with Gasteiger partial charge in [-0.2, -0.15) is 5.26 Å². The standard InChI is InChI=1S/C5H6BrNO/c1-8-5(4-7)2-3-6/h2H,3H2,1H3/b5-2+. The molecular weight excluding hydrogens is 170 g/mol. The fraction of sp³-hybridized carbons (Fsp3) is 0.400. The van der Waals surface area contributed by atoms with Crippen molar-refractivity contribution in [1.82, 2.24) is 0 Å². The smallest absolute Gasteiger partial charge is 0.193 e. The van der Waals surface area contributed by atoms with Gasteiger partial charge in [0, 0.05) is 5.33 Å². The Balaban J connectivity index is 3.72. The van der Waals surface area contributed by atoms with E-state index in [2.05, 4.69) is 20.7 Å². The lowest BCUT2D eigenvalue weighted by atomic mass is 10.5. The van der Waals surface area contributed by atoms with Gasteiger partial charge in [-0.15, -0.1) is 0 Å². The topological polar surface area (TPSA) is 33.0 Å². The van der Waals surface area contributed by atoms with E-state index in [1.165, 1.54) is 7.11 Å². The maximum absolute atomic E-state index is 8.19. The van der Waals surface area contributed by atoms with Gasteiger partial charge in [0.25, 0.3) is 0 Å². The lowest BCUT2D eigenvalue weighted by Gasteiger charge is -1.90. The van der Waals surface area contributed by atoms with Gasteiger partial charge >= 0.3 is 0 Å². The molecule has 0 aliphatic rings. The number of methoxy groups -OCH3 is 1. The van der Waals surface area contributed by atoms with E-state index < -0.39 is 0 Å². The number of rotatable bonds is 2. The Kier molecular flexibility index (Phi) is 4.38. The van der Waals surface area contributed by atoms with E-state index in [9.17, 15) is 0 Å². The summed E-state index contributed by atoms with van der Waals surface area (Å²) in [6, 6.07) is 1.86. The van der Waals surface area contributed by atoms with E-state index in [0.717, 1.165) is 0 Å². The third-order valence-electron chi connectivity index (χ3n) is 0.593. The molecule has 0 N–H and O–H groups in total. The molecule has 0 aromatic heterocycles. The summed E-state index contributed by atoms with van der Waals surface area (Å²) in [5.41, 5.74) is 0. The molecule has 0 heterocycles. The number of hydrogen-bond donors (Lipinski definition) is 0. The molecule has 44 valence electrons. The first-order chi connectivity index (χ1) is 3.85. The van der Waals surface area contributed by atoms with E-state index in [1.54, 1.807) is 6.08 Å². The van der Waals surface area contributed by atoms with Gasteiger partial charge in [-0.3, -0.25) is 0 Å². The number of nitriles is 1. The van der Waals surface area contributed by atoms with E-state index in [-0.39, 0.29) is 0 Å². The molecule has 8 heavy (non-hydrogen) atoms. The Morgan fingerprint density at radius 3 is 2.75 bits per heavy atom. The van der Waals surface area contributed by atoms with Gasteiger partial charge in [0.15, 0.2) is 5.76 Å². The number of nitrogens with zero attached hydrogens (tertiary/aromatic N) is 1. The van der Waals surface area contributed by atoms with Crippen molar-refractivity contribution in [1.29, 1.82) is 5.26 Å². The predicted molar refractivity (Wildman–Crippen MR) is 34.5 cm³/mol. The van der Waals surface area contributed by atoms with Crippen LogP contribution in [-0.4, -0.2) is 12.4 Å². The van der Waals surface area contributed by atoms with Gasteiger partial charge in [-0.1, -0.05) is 15.9 Å². The number of allylic oxidation sites excluding steroid dienone is 2. The molecular formula is C5H6BrNO. The van der Waals surface area contributed by atoms with Gasteiger partial charge in [0.2, 0.25) is 0 Å². The van der Waals surface area contributed by atoms with Crippen LogP contribution in [0.25, 0.3) is 0 Å². The van der Waals surface area contributed by atoms with Gasteiger partial charge < -0.3 is 4.74 Å². The SMILES string of the molecule is CO/C(C#N)=C/CBr. The van der Waals surface area contributed by atoms with Crippen molar-refractivity contribution in [3.63, 3.8) is 0 Å². The molecule has 0 aromatic carbocycles. The van der Waals surface area contributed by atoms with Gasteiger partial charge in [-0.05, 0) is 6.08 Å². The summed E-state index contributed by atoms with van der Waals surface area (Å²) >= 11 is 3.12. The molecule has 0 aliphatic heterocycles. The van der Waals surface area contributed by atoms with Crippen LogP contribution in [0.15, 0.2) is 11.8 Å². The Bertz CT molecular complexity index is 125. The zero-order chi connectivity index (χ0) is 6.41. The van der Waals surface area contributed by atoms with Crippen LogP contribution < -0.4 is 0 Å². The van der Waals surface area contributed by atoms with Crippen molar-refractivity contribution in [2.45, 2.75) is 0 Å². The van der Waals surface area contributed by atoms with Crippen LogP contribution in [0.5, 0.6) is 0 Å². The average molecular weight is 176 g/mol. The maximum atomic E-state index is 8.19. The minimum Gasteiger partial charge on any atom is -0.487 e. The molecule has 0 saturated carbocycles. The zero-order valence-electron chi connectivity index (χ0n) is 4.52. The summed E-state index contributed by atoms with van der Waals surface area (Å²) in [5, 5.41) is 8.85. The molecule has 0 fully saturated rings. The van der Waals surface area contributed by atoms with Crippen molar-refractivity contribution in [2.75, 3.05) is 12.4 Å². The number of alkyl halides is 1. The molecule has 0 unspecified atom stereocenters. The fourth-order valence-corrected chi connectivity index (χ4v) is 0.539. The summed E-state index contributed by atoms with van der Waals surface area (Å²) in [4.78, 5) is 0. The van der Waals surface area contributed by atoms with E-state index in [1.807, 2.05) is 6.07 Å². The lowest BCUT2D eigenvalue weighted by molar-refractivity contribution is 0.309. The monoisotopic (exact) mass is 175 g/mol. The molecule has 0 atom stereocenters. The van der Waals surface area contributed by atoms with Crippen molar-refractivity contribution < 1.29 is 4.74 Å². The molecule has 0 radical (unpaired) electrons. The third kappa shape index (κ3) is 2.64. The second kappa shape index (κ2) is 4.66. The van der Waals surface area contributed by atoms with Gasteiger partial charge in [0.1, 0.15) is 6.07 Å². The first-order valence-corrected chi connectivity index (χ1v) is 3.17. The second-order valence-electron chi connectivity index (χ2n) is 1.04. The quantitative estimate of drug-likeness (QED) is 0.362. The molecule has 0 saturated heterocycles. The summed E-state index contributed by atoms with van der Waals surface area (Å²) in [7, 11) is 1.47. The van der Waals surface area contributed by atoms with E-state index in [4.69, 9.17) is 5.26 Å². The summed E-state index contributed by atoms with van der Waals surface area (Å²) < 4.78 is 4.61. The number of halogens is 1. The second-order valence-corrected chi connectivity index (χ2v) is 1.69. The average Bonchev–Trinajstić information content (AvgIpc) is 1.83. The Hall–Kier alpha value is -0.490. The number of hydrogen-bond acceptors (Lipinski definition) is 2. The van der Waals surface area contributed by atoms with Crippen LogP contribution in [0, 0.1) is 11.3 Å². The molecule has 3 heteroatoms. The van der Waals surface area contributed by atoms with Crippen molar-refractivity contribution in [3.8, 4) is 6.07 Å². The third-order valence-corrected chi connectivity index (χ3v) is 0.916. The summed E-state index contributed by atoms with van der Waals surface area (Å²) in [6.45, 7) is 0. The zero-order valence-corrected chi connectivity index (χ0v) is 6.10. The molecule has 0 aliphatic carbocycles. The summed E-state index contributed by atoms with van der Waals surface area (Å²) in [5.74, 6) is 0.349. The van der Waals surface area contributed by atoms with Crippen LogP contribution in [0.2, 0.25) is 0 Å². The minimum absolute atomic E-state index is 0.349. The molecule has 0 aromatic rings. The molecule has 0 rings (SSSR count). The molecule has 2 nitrogen and oxygen atoms in total. The highest BCUT2D eigenvalue weighted by atomic mass is 79.9. The van der Waals surface area contributed by atoms with Crippen LogP contribution in [0.4, 0.5) is 0 Å². The Labute approximate surface area is 56.9 Å². The van der Waals surface area contributed by atoms with Crippen LogP contribution >= 0.6 is 15.9 Å². The highest BCUT2D eigenvalue weighted by Crippen LogP contribution is 1.93. The van der Waals surface area contributed by atoms with E-state index in [0.29, 0.717) is 11.1 Å². The van der Waals surface area contributed by atoms with Gasteiger partial charge in [-0.25, -0.2) is 0 Å². The maximum Gasteiger partial charge on any atom is 0.193 e. The van der Waals surface area contributed by atoms with E-state index >= 15 is 0 Å².